The van der Waals surface area contributed by atoms with Gasteiger partial charge < -0.3 is 20.5 Å². The van der Waals surface area contributed by atoms with Crippen LogP contribution < -0.4 is 15.4 Å². The number of para-hydroxylation sites is 1. The second kappa shape index (κ2) is 9.40. The van der Waals surface area contributed by atoms with Gasteiger partial charge in [-0.05, 0) is 37.7 Å². The Morgan fingerprint density at radius 1 is 1.39 bits per heavy atom. The van der Waals surface area contributed by atoms with Crippen LogP contribution in [0.15, 0.2) is 24.3 Å². The van der Waals surface area contributed by atoms with Gasteiger partial charge in [0.05, 0.1) is 12.6 Å². The molecule has 0 aliphatic carbocycles. The largest absolute Gasteiger partial charge is 0.493 e. The smallest absolute Gasteiger partial charge is 0.315 e. The topological polar surface area (TPSA) is 70.6 Å². The standard InChI is InChI=1S/C18H28N2O3/c1-2-6-14(10-11-21)13-19-18(22)20-16-8-5-12-23-17-9-4-3-7-15(16)17/h3-4,7,9,14,16,21H,2,5-6,8,10-13H2,1H3,(H2,19,20,22). The first-order valence-corrected chi connectivity index (χ1v) is 8.61. The minimum Gasteiger partial charge on any atom is -0.493 e. The predicted molar refractivity (Wildman–Crippen MR) is 90.5 cm³/mol. The van der Waals surface area contributed by atoms with E-state index < -0.39 is 0 Å². The summed E-state index contributed by atoms with van der Waals surface area (Å²) in [6, 6.07) is 7.72. The van der Waals surface area contributed by atoms with Crippen LogP contribution in [-0.4, -0.2) is 30.9 Å². The molecule has 0 saturated heterocycles. The Balaban J connectivity index is 1.89. The average molecular weight is 320 g/mol. The molecule has 0 saturated carbocycles. The van der Waals surface area contributed by atoms with Crippen LogP contribution in [-0.2, 0) is 0 Å². The summed E-state index contributed by atoms with van der Waals surface area (Å²) in [5, 5.41) is 15.1. The third-order valence-corrected chi connectivity index (χ3v) is 4.28. The van der Waals surface area contributed by atoms with Crippen LogP contribution in [0.3, 0.4) is 0 Å². The van der Waals surface area contributed by atoms with E-state index in [1.807, 2.05) is 24.3 Å². The lowest BCUT2D eigenvalue weighted by molar-refractivity contribution is 0.226. The molecule has 1 aliphatic rings. The number of carbonyl (C=O) groups excluding carboxylic acids is 1. The second-order valence-electron chi connectivity index (χ2n) is 6.10. The summed E-state index contributed by atoms with van der Waals surface area (Å²) in [6.07, 6.45) is 4.60. The SMILES string of the molecule is CCCC(CCO)CNC(=O)NC1CCCOc2ccccc21. The minimum absolute atomic E-state index is 0.0174. The van der Waals surface area contributed by atoms with Crippen molar-refractivity contribution in [3.05, 3.63) is 29.8 Å². The molecule has 0 spiro atoms. The fourth-order valence-electron chi connectivity index (χ4n) is 3.06. The van der Waals surface area contributed by atoms with Gasteiger partial charge >= 0.3 is 6.03 Å². The highest BCUT2D eigenvalue weighted by Crippen LogP contribution is 2.30. The van der Waals surface area contributed by atoms with Crippen LogP contribution >= 0.6 is 0 Å². The Morgan fingerprint density at radius 2 is 2.22 bits per heavy atom. The van der Waals surface area contributed by atoms with Crippen molar-refractivity contribution in [3.63, 3.8) is 0 Å². The van der Waals surface area contributed by atoms with Crippen molar-refractivity contribution in [1.29, 1.82) is 0 Å². The molecular weight excluding hydrogens is 292 g/mol. The summed E-state index contributed by atoms with van der Waals surface area (Å²) < 4.78 is 5.72. The zero-order chi connectivity index (χ0) is 16.5. The number of hydrogen-bond donors (Lipinski definition) is 3. The van der Waals surface area contributed by atoms with Crippen molar-refractivity contribution < 1.29 is 14.6 Å². The summed E-state index contributed by atoms with van der Waals surface area (Å²) in [5.74, 6) is 1.19. The lowest BCUT2D eigenvalue weighted by atomic mass is 10.0. The first-order valence-electron chi connectivity index (χ1n) is 8.61. The molecule has 1 aromatic carbocycles. The van der Waals surface area contributed by atoms with Gasteiger partial charge in [0.15, 0.2) is 0 Å². The number of amides is 2. The van der Waals surface area contributed by atoms with Crippen LogP contribution in [0.25, 0.3) is 0 Å². The van der Waals surface area contributed by atoms with Gasteiger partial charge in [-0.15, -0.1) is 0 Å². The van der Waals surface area contributed by atoms with Crippen LogP contribution in [0.5, 0.6) is 5.75 Å². The lowest BCUT2D eigenvalue weighted by Gasteiger charge is -2.20. The summed E-state index contributed by atoms with van der Waals surface area (Å²) >= 11 is 0. The molecule has 0 fully saturated rings. The highest BCUT2D eigenvalue weighted by molar-refractivity contribution is 5.74. The quantitative estimate of drug-likeness (QED) is 0.723. The molecule has 128 valence electrons. The van der Waals surface area contributed by atoms with Crippen molar-refractivity contribution in [2.24, 2.45) is 5.92 Å². The van der Waals surface area contributed by atoms with E-state index in [-0.39, 0.29) is 18.7 Å². The Labute approximate surface area is 138 Å². The van der Waals surface area contributed by atoms with Gasteiger partial charge in [-0.25, -0.2) is 4.79 Å². The highest BCUT2D eigenvalue weighted by Gasteiger charge is 2.21. The van der Waals surface area contributed by atoms with Gasteiger partial charge in [-0.2, -0.15) is 0 Å². The molecule has 3 N–H and O–H groups in total. The fraction of sp³-hybridized carbons (Fsp3) is 0.611. The molecular formula is C18H28N2O3. The van der Waals surface area contributed by atoms with Crippen molar-refractivity contribution in [2.45, 2.75) is 45.1 Å². The predicted octanol–water partition coefficient (Wildman–Crippen LogP) is 3.00. The van der Waals surface area contributed by atoms with Crippen LogP contribution in [0.4, 0.5) is 4.79 Å². The molecule has 5 heteroatoms. The minimum atomic E-state index is -0.147. The average Bonchev–Trinajstić information content (AvgIpc) is 2.76. The summed E-state index contributed by atoms with van der Waals surface area (Å²) in [6.45, 7) is 3.57. The Morgan fingerprint density at radius 3 is 3.00 bits per heavy atom. The molecule has 0 aromatic heterocycles. The van der Waals surface area contributed by atoms with Gasteiger partial charge in [-0.1, -0.05) is 31.5 Å². The van der Waals surface area contributed by atoms with Gasteiger partial charge in [0, 0.05) is 18.7 Å². The van der Waals surface area contributed by atoms with Crippen LogP contribution in [0.1, 0.15) is 50.6 Å². The number of aliphatic hydroxyl groups excluding tert-OH is 1. The van der Waals surface area contributed by atoms with Crippen molar-refractivity contribution >= 4 is 6.03 Å². The monoisotopic (exact) mass is 320 g/mol. The number of ether oxygens (including phenoxy) is 1. The van der Waals surface area contributed by atoms with Gasteiger partial charge in [0.1, 0.15) is 5.75 Å². The molecule has 0 radical (unpaired) electrons. The zero-order valence-electron chi connectivity index (χ0n) is 13.9. The molecule has 2 atom stereocenters. The van der Waals surface area contributed by atoms with Crippen molar-refractivity contribution in [1.82, 2.24) is 10.6 Å². The second-order valence-corrected chi connectivity index (χ2v) is 6.10. The molecule has 0 bridgehead atoms. The summed E-state index contributed by atoms with van der Waals surface area (Å²) in [7, 11) is 0. The van der Waals surface area contributed by atoms with E-state index in [0.29, 0.717) is 19.1 Å². The number of urea groups is 1. The van der Waals surface area contributed by atoms with E-state index in [2.05, 4.69) is 17.6 Å². The van der Waals surface area contributed by atoms with Crippen LogP contribution in [0, 0.1) is 5.92 Å². The molecule has 1 aliphatic heterocycles. The van der Waals surface area contributed by atoms with Crippen molar-refractivity contribution in [2.75, 3.05) is 19.8 Å². The van der Waals surface area contributed by atoms with E-state index in [0.717, 1.165) is 43.4 Å². The summed E-state index contributed by atoms with van der Waals surface area (Å²) in [5.41, 5.74) is 1.04. The maximum absolute atomic E-state index is 12.2. The maximum atomic E-state index is 12.2. The molecule has 1 heterocycles. The number of carbonyl (C=O) groups is 1. The number of nitrogens with one attached hydrogen (secondary N) is 2. The Kier molecular flexibility index (Phi) is 7.20. The number of aliphatic hydroxyl groups is 1. The maximum Gasteiger partial charge on any atom is 0.315 e. The van der Waals surface area contributed by atoms with Gasteiger partial charge in [0.2, 0.25) is 0 Å². The number of benzene rings is 1. The van der Waals surface area contributed by atoms with Crippen molar-refractivity contribution in [3.8, 4) is 5.75 Å². The Bertz CT molecular complexity index is 487. The molecule has 2 rings (SSSR count). The fourth-order valence-corrected chi connectivity index (χ4v) is 3.06. The van der Waals surface area contributed by atoms with Gasteiger partial charge in [-0.3, -0.25) is 0 Å². The first-order chi connectivity index (χ1) is 11.2. The third kappa shape index (κ3) is 5.43. The number of fused-ring (bicyclic) bond motifs is 1. The molecule has 2 unspecified atom stereocenters. The van der Waals surface area contributed by atoms with E-state index in [4.69, 9.17) is 9.84 Å². The highest BCUT2D eigenvalue weighted by atomic mass is 16.5. The molecule has 1 aromatic rings. The first kappa shape index (κ1) is 17.6. The Hall–Kier alpha value is -1.75. The normalized spacial score (nSPS) is 18.3. The molecule has 23 heavy (non-hydrogen) atoms. The van der Waals surface area contributed by atoms with E-state index >= 15 is 0 Å². The van der Waals surface area contributed by atoms with Gasteiger partial charge in [0.25, 0.3) is 0 Å². The van der Waals surface area contributed by atoms with Crippen LogP contribution in [0.2, 0.25) is 0 Å². The zero-order valence-corrected chi connectivity index (χ0v) is 13.9. The number of hydrogen-bond acceptors (Lipinski definition) is 3. The third-order valence-electron chi connectivity index (χ3n) is 4.28. The lowest BCUT2D eigenvalue weighted by Crippen LogP contribution is -2.40. The molecule has 5 nitrogen and oxygen atoms in total. The van der Waals surface area contributed by atoms with E-state index in [1.165, 1.54) is 0 Å². The summed E-state index contributed by atoms with van der Waals surface area (Å²) in [4.78, 5) is 12.2. The number of rotatable bonds is 7. The van der Waals surface area contributed by atoms with E-state index in [1.54, 1.807) is 0 Å². The van der Waals surface area contributed by atoms with E-state index in [9.17, 15) is 4.79 Å². The molecule has 2 amide bonds.